The summed E-state index contributed by atoms with van der Waals surface area (Å²) >= 11 is 5.78. The van der Waals surface area contributed by atoms with Crippen LogP contribution >= 0.6 is 11.6 Å². The van der Waals surface area contributed by atoms with E-state index in [4.69, 9.17) is 16.9 Å². The number of rotatable bonds is 3. The number of benzene rings is 1. The van der Waals surface area contributed by atoms with Gasteiger partial charge in [0.25, 0.3) is 0 Å². The summed E-state index contributed by atoms with van der Waals surface area (Å²) in [5, 5.41) is 9.68. The number of carbonyl (C=O) groups is 1. The lowest BCUT2D eigenvalue weighted by atomic mass is 9.87. The summed E-state index contributed by atoms with van der Waals surface area (Å²) in [5.74, 6) is -0.125. The van der Waals surface area contributed by atoms with Gasteiger partial charge in [0, 0.05) is 11.4 Å². The highest BCUT2D eigenvalue weighted by Crippen LogP contribution is 2.22. The predicted molar refractivity (Wildman–Crippen MR) is 74.1 cm³/mol. The average Bonchev–Trinajstić information content (AvgIpc) is 2.25. The van der Waals surface area contributed by atoms with Crippen molar-refractivity contribution in [1.82, 2.24) is 0 Å². The number of hydrogen-bond acceptors (Lipinski definition) is 2. The molecule has 0 saturated carbocycles. The van der Waals surface area contributed by atoms with Crippen molar-refractivity contribution in [2.24, 2.45) is 5.41 Å². The van der Waals surface area contributed by atoms with E-state index in [-0.39, 0.29) is 16.8 Å². The van der Waals surface area contributed by atoms with Gasteiger partial charge in [0.1, 0.15) is 6.07 Å². The average molecular weight is 262 g/mol. The van der Waals surface area contributed by atoms with Crippen LogP contribution in [0, 0.1) is 16.7 Å². The van der Waals surface area contributed by atoms with Crippen LogP contribution in [-0.2, 0) is 4.79 Å². The van der Waals surface area contributed by atoms with Crippen molar-refractivity contribution >= 4 is 23.5 Å². The molecule has 1 aromatic rings. The minimum atomic E-state index is -0.125. The third kappa shape index (κ3) is 4.73. The maximum absolute atomic E-state index is 11.9. The van der Waals surface area contributed by atoms with Crippen LogP contribution in [0.1, 0.15) is 32.8 Å². The molecule has 0 spiro atoms. The largest absolute Gasteiger partial charge is 0.293 e. The molecule has 0 bridgehead atoms. The highest BCUT2D eigenvalue weighted by molar-refractivity contribution is 6.30. The zero-order valence-corrected chi connectivity index (χ0v) is 11.6. The van der Waals surface area contributed by atoms with Gasteiger partial charge in [0.15, 0.2) is 5.78 Å². The molecule has 18 heavy (non-hydrogen) atoms. The normalized spacial score (nSPS) is 12.1. The van der Waals surface area contributed by atoms with Crippen molar-refractivity contribution in [1.29, 1.82) is 5.26 Å². The fourth-order valence-corrected chi connectivity index (χ4v) is 1.60. The summed E-state index contributed by atoms with van der Waals surface area (Å²) in [6.07, 6.45) is 1.96. The van der Waals surface area contributed by atoms with Crippen molar-refractivity contribution in [3.05, 3.63) is 40.4 Å². The molecule has 94 valence electrons. The number of Topliss-reactive ketones (excluding diaryl/α,β-unsaturated/α-hetero) is 1. The maximum atomic E-state index is 11.9. The SMILES string of the molecule is CC(C)(C)CC(=O)/C(C#N)=C\c1ccc(Cl)cc1. The van der Waals surface area contributed by atoms with Gasteiger partial charge in [-0.05, 0) is 29.2 Å². The second-order valence-electron chi connectivity index (χ2n) is 5.38. The Morgan fingerprint density at radius 3 is 2.33 bits per heavy atom. The number of nitriles is 1. The highest BCUT2D eigenvalue weighted by atomic mass is 35.5. The molecule has 0 aromatic heterocycles. The highest BCUT2D eigenvalue weighted by Gasteiger charge is 2.18. The van der Waals surface area contributed by atoms with Gasteiger partial charge in [0.05, 0.1) is 5.57 Å². The fourth-order valence-electron chi connectivity index (χ4n) is 1.48. The van der Waals surface area contributed by atoms with E-state index in [9.17, 15) is 4.79 Å². The van der Waals surface area contributed by atoms with Gasteiger partial charge in [-0.3, -0.25) is 4.79 Å². The second-order valence-corrected chi connectivity index (χ2v) is 5.82. The molecule has 0 saturated heterocycles. The number of nitrogens with zero attached hydrogens (tertiary/aromatic N) is 1. The van der Waals surface area contributed by atoms with Gasteiger partial charge >= 0.3 is 0 Å². The van der Waals surface area contributed by atoms with Crippen molar-refractivity contribution < 1.29 is 4.79 Å². The van der Waals surface area contributed by atoms with Crippen molar-refractivity contribution in [2.45, 2.75) is 27.2 Å². The lowest BCUT2D eigenvalue weighted by Gasteiger charge is -2.16. The summed E-state index contributed by atoms with van der Waals surface area (Å²) in [7, 11) is 0. The molecule has 0 heterocycles. The molecule has 0 fully saturated rings. The summed E-state index contributed by atoms with van der Waals surface area (Å²) in [5.41, 5.74) is 0.873. The number of ketones is 1. The van der Waals surface area contributed by atoms with E-state index >= 15 is 0 Å². The number of halogens is 1. The van der Waals surface area contributed by atoms with Crippen molar-refractivity contribution in [2.75, 3.05) is 0 Å². The Bertz CT molecular complexity index is 501. The Labute approximate surface area is 113 Å². The van der Waals surface area contributed by atoms with E-state index in [1.165, 1.54) is 0 Å². The third-order valence-electron chi connectivity index (χ3n) is 2.29. The first-order valence-corrected chi connectivity index (χ1v) is 6.10. The van der Waals surface area contributed by atoms with E-state index in [1.807, 2.05) is 26.8 Å². The van der Waals surface area contributed by atoms with Crippen LogP contribution < -0.4 is 0 Å². The molecule has 0 amide bonds. The Kier molecular flexibility index (Phi) is 4.69. The van der Waals surface area contributed by atoms with Crippen LogP contribution in [0.25, 0.3) is 6.08 Å². The van der Waals surface area contributed by atoms with Crippen LogP contribution in [0.2, 0.25) is 5.02 Å². The molecule has 0 aliphatic carbocycles. The van der Waals surface area contributed by atoms with E-state index in [1.54, 1.807) is 30.3 Å². The molecular formula is C15H16ClNO. The van der Waals surface area contributed by atoms with Gasteiger partial charge in [-0.25, -0.2) is 0 Å². The lowest BCUT2D eigenvalue weighted by Crippen LogP contribution is -2.14. The van der Waals surface area contributed by atoms with Gasteiger partial charge in [0.2, 0.25) is 0 Å². The van der Waals surface area contributed by atoms with Crippen LogP contribution in [0.4, 0.5) is 0 Å². The zero-order valence-electron chi connectivity index (χ0n) is 10.8. The third-order valence-corrected chi connectivity index (χ3v) is 2.54. The van der Waals surface area contributed by atoms with E-state index < -0.39 is 0 Å². The maximum Gasteiger partial charge on any atom is 0.173 e. The Balaban J connectivity index is 2.94. The minimum absolute atomic E-state index is 0.118. The van der Waals surface area contributed by atoms with Crippen LogP contribution in [0.5, 0.6) is 0 Å². The smallest absolute Gasteiger partial charge is 0.173 e. The molecule has 0 aliphatic rings. The monoisotopic (exact) mass is 261 g/mol. The fraction of sp³-hybridized carbons (Fsp3) is 0.333. The summed E-state index contributed by atoms with van der Waals surface area (Å²) in [4.78, 5) is 11.9. The lowest BCUT2D eigenvalue weighted by molar-refractivity contribution is -0.116. The molecule has 2 nitrogen and oxygen atoms in total. The van der Waals surface area contributed by atoms with Gasteiger partial charge in [-0.2, -0.15) is 5.26 Å². The minimum Gasteiger partial charge on any atom is -0.293 e. The topological polar surface area (TPSA) is 40.9 Å². The molecule has 0 aliphatic heterocycles. The standard InChI is InChI=1S/C15H16ClNO/c1-15(2,3)9-14(18)12(10-17)8-11-4-6-13(16)7-5-11/h4-8H,9H2,1-3H3/b12-8-. The van der Waals surface area contributed by atoms with Crippen molar-refractivity contribution in [3.8, 4) is 6.07 Å². The first-order chi connectivity index (χ1) is 8.31. The summed E-state index contributed by atoms with van der Waals surface area (Å²) < 4.78 is 0. The molecule has 1 rings (SSSR count). The van der Waals surface area contributed by atoms with Crippen LogP contribution in [-0.4, -0.2) is 5.78 Å². The van der Waals surface area contributed by atoms with E-state index in [0.29, 0.717) is 11.4 Å². The van der Waals surface area contributed by atoms with Gasteiger partial charge in [-0.15, -0.1) is 0 Å². The predicted octanol–water partition coefficient (Wildman–Crippen LogP) is 4.25. The zero-order chi connectivity index (χ0) is 13.8. The Morgan fingerprint density at radius 2 is 1.89 bits per heavy atom. The van der Waals surface area contributed by atoms with E-state index in [2.05, 4.69) is 0 Å². The van der Waals surface area contributed by atoms with Crippen LogP contribution in [0.3, 0.4) is 0 Å². The molecular weight excluding hydrogens is 246 g/mol. The molecule has 0 radical (unpaired) electrons. The van der Waals surface area contributed by atoms with Gasteiger partial charge < -0.3 is 0 Å². The Hall–Kier alpha value is -1.59. The first kappa shape index (κ1) is 14.5. The first-order valence-electron chi connectivity index (χ1n) is 5.72. The second kappa shape index (κ2) is 5.84. The molecule has 0 N–H and O–H groups in total. The summed E-state index contributed by atoms with van der Waals surface area (Å²) in [6, 6.07) is 9.00. The quantitative estimate of drug-likeness (QED) is 0.603. The Morgan fingerprint density at radius 1 is 1.33 bits per heavy atom. The van der Waals surface area contributed by atoms with Crippen molar-refractivity contribution in [3.63, 3.8) is 0 Å². The van der Waals surface area contributed by atoms with Crippen LogP contribution in [0.15, 0.2) is 29.8 Å². The molecule has 0 atom stereocenters. The summed E-state index contributed by atoms with van der Waals surface area (Å²) in [6.45, 7) is 5.92. The molecule has 3 heteroatoms. The number of carbonyl (C=O) groups excluding carboxylic acids is 1. The molecule has 0 unspecified atom stereocenters. The number of allylic oxidation sites excluding steroid dienone is 1. The number of hydrogen-bond donors (Lipinski definition) is 0. The molecule has 1 aromatic carbocycles. The van der Waals surface area contributed by atoms with E-state index in [0.717, 1.165) is 5.56 Å². The van der Waals surface area contributed by atoms with Gasteiger partial charge in [-0.1, -0.05) is 44.5 Å².